The number of aryl methyl sites for hydroxylation is 2. The Morgan fingerprint density at radius 3 is 2.84 bits per heavy atom. The molecule has 4 aromatic rings. The summed E-state index contributed by atoms with van der Waals surface area (Å²) in [4.78, 5) is 23.0. The van der Waals surface area contributed by atoms with Gasteiger partial charge >= 0.3 is 0 Å². The molecular weight excluding hydrogens is 424 g/mol. The van der Waals surface area contributed by atoms with Crippen molar-refractivity contribution in [3.63, 3.8) is 0 Å². The molecule has 5 rings (SSSR count). The van der Waals surface area contributed by atoms with E-state index in [4.69, 9.17) is 5.11 Å². The van der Waals surface area contributed by atoms with Crippen LogP contribution < -0.4 is 5.32 Å². The number of hydrogen-bond donors (Lipinski definition) is 2. The van der Waals surface area contributed by atoms with E-state index in [2.05, 4.69) is 26.4 Å². The summed E-state index contributed by atoms with van der Waals surface area (Å²) in [5.74, 6) is 0.915. The van der Waals surface area contributed by atoms with Gasteiger partial charge in [-0.05, 0) is 63.3 Å². The Bertz CT molecular complexity index is 1230. The van der Waals surface area contributed by atoms with Crippen LogP contribution in [0, 0.1) is 0 Å². The fourth-order valence-electron chi connectivity index (χ4n) is 3.97. The third-order valence-electron chi connectivity index (χ3n) is 5.23. The molecule has 0 aromatic carbocycles. The summed E-state index contributed by atoms with van der Waals surface area (Å²) in [6, 6.07) is 6.10. The van der Waals surface area contributed by atoms with Crippen LogP contribution >= 0.6 is 11.3 Å². The van der Waals surface area contributed by atoms with E-state index in [1.165, 1.54) is 40.0 Å². The van der Waals surface area contributed by atoms with E-state index in [0.717, 1.165) is 28.3 Å². The Balaban J connectivity index is 0.000000234. The van der Waals surface area contributed by atoms with Gasteiger partial charge in [0, 0.05) is 36.6 Å². The fourth-order valence-corrected chi connectivity index (χ4v) is 5.20. The lowest BCUT2D eigenvalue weighted by molar-refractivity contribution is -0.119. The van der Waals surface area contributed by atoms with Gasteiger partial charge in [-0.15, -0.1) is 11.3 Å². The number of anilines is 2. The Kier molecular flexibility index (Phi) is 6.38. The van der Waals surface area contributed by atoms with Crippen molar-refractivity contribution in [2.75, 3.05) is 18.9 Å². The van der Waals surface area contributed by atoms with Crippen LogP contribution in [0.4, 0.5) is 11.5 Å². The average molecular weight is 453 g/mol. The van der Waals surface area contributed by atoms with Crippen LogP contribution in [0.1, 0.15) is 37.1 Å². The molecule has 0 bridgehead atoms. The highest BCUT2D eigenvalue weighted by molar-refractivity contribution is 7.19. The highest BCUT2D eigenvalue weighted by atomic mass is 32.1. The monoisotopic (exact) mass is 452 g/mol. The highest BCUT2D eigenvalue weighted by Crippen LogP contribution is 2.38. The van der Waals surface area contributed by atoms with Gasteiger partial charge < -0.3 is 15.3 Å². The molecule has 0 atom stereocenters. The van der Waals surface area contributed by atoms with Gasteiger partial charge in [-0.3, -0.25) is 4.79 Å². The quantitative estimate of drug-likeness (QED) is 0.447. The maximum atomic E-state index is 10.00. The number of nitrogens with one attached hydrogen (secondary N) is 1. The number of amides is 1. The zero-order chi connectivity index (χ0) is 22.7. The van der Waals surface area contributed by atoms with Crippen molar-refractivity contribution in [2.24, 2.45) is 0 Å². The van der Waals surface area contributed by atoms with Crippen molar-refractivity contribution in [2.45, 2.75) is 45.1 Å². The molecule has 1 aliphatic rings. The average Bonchev–Trinajstić information content (AvgIpc) is 3.37. The minimum absolute atomic E-state index is 0.372. The molecular formula is C23H28N6O2S. The Labute approximate surface area is 190 Å². The van der Waals surface area contributed by atoms with Crippen molar-refractivity contribution < 1.29 is 9.90 Å². The van der Waals surface area contributed by atoms with Gasteiger partial charge in [-0.2, -0.15) is 5.10 Å². The molecule has 32 heavy (non-hydrogen) atoms. The summed E-state index contributed by atoms with van der Waals surface area (Å²) in [6.07, 6.45) is 11.0. The second-order valence-corrected chi connectivity index (χ2v) is 9.77. The Morgan fingerprint density at radius 1 is 1.28 bits per heavy atom. The number of thiophene rings is 1. The van der Waals surface area contributed by atoms with Gasteiger partial charge in [0.2, 0.25) is 6.41 Å². The molecule has 0 fully saturated rings. The number of carbonyl (C=O) groups excluding carboxylic acids is 1. The van der Waals surface area contributed by atoms with Crippen molar-refractivity contribution in [1.29, 1.82) is 0 Å². The summed E-state index contributed by atoms with van der Waals surface area (Å²) < 4.78 is 1.85. The number of rotatable bonds is 5. The predicted octanol–water partition coefficient (Wildman–Crippen LogP) is 3.81. The van der Waals surface area contributed by atoms with Crippen molar-refractivity contribution in [1.82, 2.24) is 24.5 Å². The predicted molar refractivity (Wildman–Crippen MR) is 128 cm³/mol. The zero-order valence-corrected chi connectivity index (χ0v) is 19.4. The second-order valence-electron chi connectivity index (χ2n) is 8.69. The van der Waals surface area contributed by atoms with Gasteiger partial charge in [0.25, 0.3) is 0 Å². The van der Waals surface area contributed by atoms with Crippen LogP contribution in [0.25, 0.3) is 15.7 Å². The summed E-state index contributed by atoms with van der Waals surface area (Å²) in [6.45, 7) is 3.69. The third kappa shape index (κ3) is 5.05. The maximum absolute atomic E-state index is 10.00. The molecule has 2 N–H and O–H groups in total. The first kappa shape index (κ1) is 22.2. The lowest BCUT2D eigenvalue weighted by atomic mass is 9.97. The van der Waals surface area contributed by atoms with E-state index in [9.17, 15) is 4.79 Å². The molecule has 4 aromatic heterocycles. The molecule has 0 radical (unpaired) electrons. The van der Waals surface area contributed by atoms with Crippen LogP contribution in [0.5, 0.6) is 0 Å². The van der Waals surface area contributed by atoms with Gasteiger partial charge in [-0.1, -0.05) is 0 Å². The first-order valence-electron chi connectivity index (χ1n) is 10.7. The smallest absolute Gasteiger partial charge is 0.209 e. The lowest BCUT2D eigenvalue weighted by Gasteiger charge is -2.21. The maximum Gasteiger partial charge on any atom is 0.209 e. The number of likely N-dealkylation sites (N-methyl/N-ethyl adjacent to an activating group) is 1. The summed E-state index contributed by atoms with van der Waals surface area (Å²) in [7, 11) is 1.63. The van der Waals surface area contributed by atoms with Crippen molar-refractivity contribution >= 4 is 45.0 Å². The van der Waals surface area contributed by atoms with Crippen molar-refractivity contribution in [3.8, 4) is 0 Å². The summed E-state index contributed by atoms with van der Waals surface area (Å²) in [5.41, 5.74) is 2.75. The summed E-state index contributed by atoms with van der Waals surface area (Å²) in [5, 5.41) is 18.0. The molecule has 0 unspecified atom stereocenters. The van der Waals surface area contributed by atoms with Crippen LogP contribution in [0.3, 0.4) is 0 Å². The van der Waals surface area contributed by atoms with Gasteiger partial charge in [0.05, 0.1) is 16.5 Å². The molecule has 8 nitrogen and oxygen atoms in total. The van der Waals surface area contributed by atoms with E-state index >= 15 is 0 Å². The van der Waals surface area contributed by atoms with Gasteiger partial charge in [-0.25, -0.2) is 14.5 Å². The van der Waals surface area contributed by atoms with E-state index < -0.39 is 5.60 Å². The molecule has 168 valence electrons. The molecule has 4 heterocycles. The minimum Gasteiger partial charge on any atom is -0.389 e. The normalized spacial score (nSPS) is 13.4. The Hall–Kier alpha value is -3.04. The number of fused-ring (bicyclic) bond motifs is 4. The highest BCUT2D eigenvalue weighted by Gasteiger charge is 2.20. The number of nitrogens with zero attached hydrogens (tertiary/aromatic N) is 5. The van der Waals surface area contributed by atoms with E-state index in [1.54, 1.807) is 33.4 Å². The third-order valence-corrected chi connectivity index (χ3v) is 6.43. The topological polar surface area (TPSA) is 95.7 Å². The first-order chi connectivity index (χ1) is 15.3. The molecule has 0 saturated heterocycles. The van der Waals surface area contributed by atoms with E-state index in [0.29, 0.717) is 13.0 Å². The fraction of sp³-hybridized carbons (Fsp3) is 0.391. The molecule has 0 spiro atoms. The number of pyridine rings is 1. The molecule has 9 heteroatoms. The standard InChI is InChI=1S/C17H15N5S.C6H13NO2/c1-2-4-14-13(3-1)15-16(18-10-19-17(15)23-14)21-11-6-8-22-12(9-11)5-7-20-22;1-6(2,9)4-7(3)5-8/h5-10H,1-4H2,(H,18,19,21);5,9H,4H2,1-3H3. The second kappa shape index (κ2) is 9.22. The van der Waals surface area contributed by atoms with Crippen LogP contribution in [0.2, 0.25) is 0 Å². The zero-order valence-electron chi connectivity index (χ0n) is 18.6. The number of carbonyl (C=O) groups is 1. The number of hydrogen-bond acceptors (Lipinski definition) is 7. The van der Waals surface area contributed by atoms with Crippen LogP contribution in [-0.2, 0) is 17.6 Å². The molecule has 1 aliphatic carbocycles. The van der Waals surface area contributed by atoms with Crippen LogP contribution in [0.15, 0.2) is 36.9 Å². The number of aromatic nitrogens is 4. The van der Waals surface area contributed by atoms with Crippen molar-refractivity contribution in [3.05, 3.63) is 47.4 Å². The largest absolute Gasteiger partial charge is 0.389 e. The molecule has 1 amide bonds. The van der Waals surface area contributed by atoms with Gasteiger partial charge in [0.15, 0.2) is 0 Å². The van der Waals surface area contributed by atoms with Crippen LogP contribution in [-0.4, -0.2) is 55.2 Å². The lowest BCUT2D eigenvalue weighted by Crippen LogP contribution is -2.35. The minimum atomic E-state index is -0.782. The van der Waals surface area contributed by atoms with E-state index in [-0.39, 0.29) is 0 Å². The van der Waals surface area contributed by atoms with E-state index in [1.807, 2.05) is 34.2 Å². The van der Waals surface area contributed by atoms with Gasteiger partial charge in [0.1, 0.15) is 17.0 Å². The summed E-state index contributed by atoms with van der Waals surface area (Å²) >= 11 is 1.82. The number of aliphatic hydroxyl groups is 1. The Morgan fingerprint density at radius 2 is 2.09 bits per heavy atom. The SMILES string of the molecule is CN(C=O)CC(C)(C)O.c1nc(Nc2ccn3nccc3c2)c2c3c(sc2n1)CCCC3. The molecule has 0 aliphatic heterocycles. The molecule has 0 saturated carbocycles. The first-order valence-corrected chi connectivity index (χ1v) is 11.5.